The highest BCUT2D eigenvalue weighted by Gasteiger charge is 2.09. The molecule has 0 spiro atoms. The van der Waals surface area contributed by atoms with E-state index in [-0.39, 0.29) is 5.56 Å². The van der Waals surface area contributed by atoms with Crippen LogP contribution >= 0.6 is 0 Å². The normalized spacial score (nSPS) is 10.8. The van der Waals surface area contributed by atoms with Gasteiger partial charge in [0.2, 0.25) is 0 Å². The van der Waals surface area contributed by atoms with Crippen LogP contribution in [0.2, 0.25) is 0 Å². The molecule has 2 aromatic rings. The van der Waals surface area contributed by atoms with Crippen LogP contribution in [0.3, 0.4) is 0 Å². The molecule has 7 heteroatoms. The van der Waals surface area contributed by atoms with Gasteiger partial charge in [-0.05, 0) is 6.07 Å². The van der Waals surface area contributed by atoms with E-state index < -0.39 is 0 Å². The van der Waals surface area contributed by atoms with Crippen molar-refractivity contribution in [3.63, 3.8) is 0 Å². The number of rotatable bonds is 8. The maximum atomic E-state index is 11.7. The summed E-state index contributed by atoms with van der Waals surface area (Å²) in [7, 11) is 3.14. The van der Waals surface area contributed by atoms with Crippen molar-refractivity contribution in [3.8, 4) is 11.5 Å². The Morgan fingerprint density at radius 2 is 1.90 bits per heavy atom. The van der Waals surface area contributed by atoms with Gasteiger partial charge in [0, 0.05) is 13.2 Å². The van der Waals surface area contributed by atoms with Crippen molar-refractivity contribution in [1.29, 1.82) is 0 Å². The first kappa shape index (κ1) is 15.3. The number of fused-ring (bicyclic) bond motifs is 1. The number of ether oxygens (including phenoxy) is 4. The van der Waals surface area contributed by atoms with E-state index in [0.29, 0.717) is 48.8 Å². The number of nitrogens with one attached hydrogen (secondary N) is 1. The van der Waals surface area contributed by atoms with Gasteiger partial charge < -0.3 is 23.9 Å². The van der Waals surface area contributed by atoms with Crippen molar-refractivity contribution in [1.82, 2.24) is 9.97 Å². The van der Waals surface area contributed by atoms with E-state index in [1.165, 1.54) is 13.4 Å². The third-order valence-corrected chi connectivity index (χ3v) is 2.84. The minimum Gasteiger partial charge on any atom is -0.493 e. The van der Waals surface area contributed by atoms with Crippen molar-refractivity contribution >= 4 is 10.9 Å². The fraction of sp³-hybridized carbons (Fsp3) is 0.429. The summed E-state index contributed by atoms with van der Waals surface area (Å²) in [6.45, 7) is 1.87. The van der Waals surface area contributed by atoms with Crippen LogP contribution in [0, 0.1) is 0 Å². The van der Waals surface area contributed by atoms with Gasteiger partial charge in [0.15, 0.2) is 11.5 Å². The molecule has 1 heterocycles. The number of aromatic amines is 1. The van der Waals surface area contributed by atoms with Crippen molar-refractivity contribution in [2.24, 2.45) is 0 Å². The lowest BCUT2D eigenvalue weighted by Gasteiger charge is -2.11. The smallest absolute Gasteiger partial charge is 0.258 e. The maximum Gasteiger partial charge on any atom is 0.258 e. The predicted molar refractivity (Wildman–Crippen MR) is 77.1 cm³/mol. The Hall–Kier alpha value is -2.12. The third kappa shape index (κ3) is 3.93. The minimum absolute atomic E-state index is 0.215. The van der Waals surface area contributed by atoms with Gasteiger partial charge in [-0.3, -0.25) is 4.79 Å². The van der Waals surface area contributed by atoms with E-state index in [2.05, 4.69) is 9.97 Å². The summed E-state index contributed by atoms with van der Waals surface area (Å²) in [5, 5.41) is 0.457. The standard InChI is InChI=1S/C14H18N2O5/c1-18-3-4-20-5-6-21-13-8-11-10(7-12(13)19-2)14(17)16-9-15-11/h7-9H,3-6H2,1-2H3,(H,15,16,17). The summed E-state index contributed by atoms with van der Waals surface area (Å²) in [4.78, 5) is 18.3. The van der Waals surface area contributed by atoms with E-state index in [4.69, 9.17) is 18.9 Å². The molecule has 0 bridgehead atoms. The van der Waals surface area contributed by atoms with Gasteiger partial charge in [0.1, 0.15) is 6.61 Å². The highest BCUT2D eigenvalue weighted by molar-refractivity contribution is 5.81. The van der Waals surface area contributed by atoms with Crippen molar-refractivity contribution in [2.45, 2.75) is 0 Å². The second-order valence-electron chi connectivity index (χ2n) is 4.21. The molecule has 7 nitrogen and oxygen atoms in total. The summed E-state index contributed by atoms with van der Waals surface area (Å²) in [5.41, 5.74) is 0.336. The van der Waals surface area contributed by atoms with Crippen molar-refractivity contribution < 1.29 is 18.9 Å². The monoisotopic (exact) mass is 294 g/mol. The number of nitrogens with zero attached hydrogens (tertiary/aromatic N) is 1. The summed E-state index contributed by atoms with van der Waals surface area (Å²) < 4.78 is 21.0. The summed E-state index contributed by atoms with van der Waals surface area (Å²) in [6.07, 6.45) is 1.36. The molecule has 0 aliphatic carbocycles. The first-order valence-electron chi connectivity index (χ1n) is 6.51. The first-order valence-corrected chi connectivity index (χ1v) is 6.51. The average molecular weight is 294 g/mol. The lowest BCUT2D eigenvalue weighted by atomic mass is 10.2. The van der Waals surface area contributed by atoms with Gasteiger partial charge in [0.25, 0.3) is 5.56 Å². The molecule has 1 aromatic carbocycles. The molecule has 0 aliphatic heterocycles. The van der Waals surface area contributed by atoms with Crippen LogP contribution in [0.1, 0.15) is 0 Å². The molecule has 1 aromatic heterocycles. The fourth-order valence-electron chi connectivity index (χ4n) is 1.80. The van der Waals surface area contributed by atoms with E-state index in [1.54, 1.807) is 19.2 Å². The number of benzene rings is 1. The van der Waals surface area contributed by atoms with Gasteiger partial charge in [0.05, 0.1) is 44.2 Å². The SMILES string of the molecule is COCCOCCOc1cc2nc[nH]c(=O)c2cc1OC. The molecule has 1 N–H and O–H groups in total. The number of hydrogen-bond donors (Lipinski definition) is 1. The fourth-order valence-corrected chi connectivity index (χ4v) is 1.80. The van der Waals surface area contributed by atoms with Gasteiger partial charge in [-0.25, -0.2) is 4.98 Å². The quantitative estimate of drug-likeness (QED) is 0.731. The average Bonchev–Trinajstić information content (AvgIpc) is 2.50. The largest absolute Gasteiger partial charge is 0.493 e. The van der Waals surface area contributed by atoms with Gasteiger partial charge >= 0.3 is 0 Å². The highest BCUT2D eigenvalue weighted by Crippen LogP contribution is 2.30. The molecule has 0 saturated carbocycles. The van der Waals surface area contributed by atoms with Crippen molar-refractivity contribution in [3.05, 3.63) is 28.8 Å². The molecule has 0 saturated heterocycles. The maximum absolute atomic E-state index is 11.7. The second kappa shape index (κ2) is 7.61. The zero-order valence-corrected chi connectivity index (χ0v) is 12.0. The van der Waals surface area contributed by atoms with Crippen molar-refractivity contribution in [2.75, 3.05) is 40.6 Å². The van der Waals surface area contributed by atoms with Crippen LogP contribution in [0.25, 0.3) is 10.9 Å². The molecule has 0 radical (unpaired) electrons. The molecule has 0 amide bonds. The van der Waals surface area contributed by atoms with E-state index >= 15 is 0 Å². The molecular formula is C14H18N2O5. The summed E-state index contributed by atoms with van der Waals surface area (Å²) in [5.74, 6) is 1.01. The van der Waals surface area contributed by atoms with Crippen LogP contribution < -0.4 is 15.0 Å². The molecular weight excluding hydrogens is 276 g/mol. The highest BCUT2D eigenvalue weighted by atomic mass is 16.5. The lowest BCUT2D eigenvalue weighted by molar-refractivity contribution is 0.0540. The van der Waals surface area contributed by atoms with Gasteiger partial charge in [-0.15, -0.1) is 0 Å². The van der Waals surface area contributed by atoms with Crippen LogP contribution in [-0.2, 0) is 9.47 Å². The van der Waals surface area contributed by atoms with Gasteiger partial charge in [-0.2, -0.15) is 0 Å². The Labute approximate surface area is 121 Å². The second-order valence-corrected chi connectivity index (χ2v) is 4.21. The van der Waals surface area contributed by atoms with Crippen LogP contribution in [-0.4, -0.2) is 50.6 Å². The zero-order valence-electron chi connectivity index (χ0n) is 12.0. The number of H-pyrrole nitrogens is 1. The molecule has 0 unspecified atom stereocenters. The molecule has 21 heavy (non-hydrogen) atoms. The first-order chi connectivity index (χ1) is 10.3. The van der Waals surface area contributed by atoms with Gasteiger partial charge in [-0.1, -0.05) is 0 Å². The van der Waals surface area contributed by atoms with E-state index in [9.17, 15) is 4.79 Å². The molecule has 0 fully saturated rings. The Kier molecular flexibility index (Phi) is 5.53. The number of hydrogen-bond acceptors (Lipinski definition) is 6. The molecule has 0 atom stereocenters. The minimum atomic E-state index is -0.215. The lowest BCUT2D eigenvalue weighted by Crippen LogP contribution is -2.11. The van der Waals surface area contributed by atoms with Crippen LogP contribution in [0.5, 0.6) is 11.5 Å². The molecule has 114 valence electrons. The van der Waals surface area contributed by atoms with Crippen LogP contribution in [0.4, 0.5) is 0 Å². The Bertz CT molecular complexity index is 641. The summed E-state index contributed by atoms with van der Waals surface area (Å²) in [6, 6.07) is 3.29. The van der Waals surface area contributed by atoms with Crippen LogP contribution in [0.15, 0.2) is 23.3 Å². The Morgan fingerprint density at radius 1 is 1.10 bits per heavy atom. The topological polar surface area (TPSA) is 82.7 Å². The summed E-state index contributed by atoms with van der Waals surface area (Å²) >= 11 is 0. The zero-order chi connectivity index (χ0) is 15.1. The Morgan fingerprint density at radius 3 is 2.67 bits per heavy atom. The number of methoxy groups -OCH3 is 2. The van der Waals surface area contributed by atoms with E-state index in [0.717, 1.165) is 0 Å². The number of aromatic nitrogens is 2. The van der Waals surface area contributed by atoms with E-state index in [1.807, 2.05) is 0 Å². The Balaban J connectivity index is 2.06. The molecule has 0 aliphatic rings. The molecule has 2 rings (SSSR count). The third-order valence-electron chi connectivity index (χ3n) is 2.84. The predicted octanol–water partition coefficient (Wildman–Crippen LogP) is 0.973.